The van der Waals surface area contributed by atoms with Gasteiger partial charge in [0.1, 0.15) is 0 Å². The summed E-state index contributed by atoms with van der Waals surface area (Å²) in [6, 6.07) is 0. The van der Waals surface area contributed by atoms with Crippen LogP contribution in [0.3, 0.4) is 0 Å². The predicted octanol–water partition coefficient (Wildman–Crippen LogP) is 2.27. The SMILES string of the molecule is CCNC(=O)ON=C(OCC(C)(C)C)C(=O)C(=O)OCC(C)(C)C. The smallest absolute Gasteiger partial charge is 0.433 e. The third-order valence-corrected chi connectivity index (χ3v) is 2.19. The highest BCUT2D eigenvalue weighted by Crippen LogP contribution is 2.15. The van der Waals surface area contributed by atoms with Crippen LogP contribution in [0, 0.1) is 10.8 Å². The van der Waals surface area contributed by atoms with Gasteiger partial charge in [0.25, 0.3) is 0 Å². The summed E-state index contributed by atoms with van der Waals surface area (Å²) in [5.74, 6) is -2.83. The molecule has 0 bridgehead atoms. The first-order chi connectivity index (χ1) is 10.9. The van der Waals surface area contributed by atoms with Gasteiger partial charge in [-0.25, -0.2) is 9.59 Å². The molecule has 8 heteroatoms. The third-order valence-electron chi connectivity index (χ3n) is 2.19. The lowest BCUT2D eigenvalue weighted by molar-refractivity contribution is -0.153. The first kappa shape index (κ1) is 21.9. The highest BCUT2D eigenvalue weighted by molar-refractivity contribution is 6.61. The van der Waals surface area contributed by atoms with Gasteiger partial charge >= 0.3 is 23.7 Å². The van der Waals surface area contributed by atoms with E-state index in [0.717, 1.165) is 0 Å². The van der Waals surface area contributed by atoms with Crippen LogP contribution in [0.4, 0.5) is 4.79 Å². The van der Waals surface area contributed by atoms with E-state index in [2.05, 4.69) is 15.3 Å². The van der Waals surface area contributed by atoms with E-state index in [1.807, 2.05) is 41.5 Å². The molecule has 0 spiro atoms. The van der Waals surface area contributed by atoms with E-state index in [9.17, 15) is 14.4 Å². The Labute approximate surface area is 142 Å². The van der Waals surface area contributed by atoms with Gasteiger partial charge in [-0.15, -0.1) is 0 Å². The molecule has 0 rings (SSSR count). The average molecular weight is 344 g/mol. The molecule has 138 valence electrons. The molecular weight excluding hydrogens is 316 g/mol. The summed E-state index contributed by atoms with van der Waals surface area (Å²) in [6.07, 6.45) is -0.856. The lowest BCUT2D eigenvalue weighted by Gasteiger charge is -2.19. The zero-order valence-electron chi connectivity index (χ0n) is 15.5. The Morgan fingerprint density at radius 2 is 1.42 bits per heavy atom. The van der Waals surface area contributed by atoms with Crippen LogP contribution in [-0.4, -0.2) is 43.5 Å². The minimum Gasteiger partial charge on any atom is -0.472 e. The Morgan fingerprint density at radius 3 is 1.88 bits per heavy atom. The van der Waals surface area contributed by atoms with Gasteiger partial charge in [0, 0.05) is 6.54 Å². The average Bonchev–Trinajstić information content (AvgIpc) is 2.42. The summed E-state index contributed by atoms with van der Waals surface area (Å²) in [4.78, 5) is 39.7. The molecule has 8 nitrogen and oxygen atoms in total. The molecule has 0 aliphatic rings. The molecule has 24 heavy (non-hydrogen) atoms. The number of carbonyl (C=O) groups is 3. The van der Waals surface area contributed by atoms with E-state index in [4.69, 9.17) is 9.47 Å². The quantitative estimate of drug-likeness (QED) is 0.198. The molecule has 0 aliphatic heterocycles. The number of esters is 1. The standard InChI is InChI=1S/C16H28N2O6/c1-8-17-14(21)24-18-12(22-9-15(2,3)4)11(19)13(20)23-10-16(5,6)7/h8-10H2,1-7H3,(H,17,21). The van der Waals surface area contributed by atoms with Gasteiger partial charge in [-0.2, -0.15) is 0 Å². The second kappa shape index (κ2) is 9.24. The maximum atomic E-state index is 12.1. The van der Waals surface area contributed by atoms with Crippen LogP contribution in [0.5, 0.6) is 0 Å². The van der Waals surface area contributed by atoms with Crippen LogP contribution >= 0.6 is 0 Å². The monoisotopic (exact) mass is 344 g/mol. The van der Waals surface area contributed by atoms with Gasteiger partial charge in [-0.3, -0.25) is 9.63 Å². The number of ether oxygens (including phenoxy) is 2. The van der Waals surface area contributed by atoms with Gasteiger partial charge in [-0.1, -0.05) is 41.5 Å². The number of hydrogen-bond acceptors (Lipinski definition) is 7. The fourth-order valence-electron chi connectivity index (χ4n) is 1.11. The molecule has 0 fully saturated rings. The Kier molecular flexibility index (Phi) is 8.43. The van der Waals surface area contributed by atoms with Crippen molar-refractivity contribution in [2.24, 2.45) is 16.0 Å². The molecule has 0 radical (unpaired) electrons. The number of amides is 1. The molecular formula is C16H28N2O6. The Morgan fingerprint density at radius 1 is 0.917 bits per heavy atom. The molecule has 0 atom stereocenters. The zero-order chi connectivity index (χ0) is 19.0. The minimum absolute atomic E-state index is 0.0568. The van der Waals surface area contributed by atoms with E-state index < -0.39 is 23.7 Å². The van der Waals surface area contributed by atoms with Crippen molar-refractivity contribution in [1.82, 2.24) is 5.32 Å². The topological polar surface area (TPSA) is 103 Å². The fourth-order valence-corrected chi connectivity index (χ4v) is 1.11. The number of nitrogens with one attached hydrogen (secondary N) is 1. The number of Topliss-reactive ketones (excluding diaryl/α,β-unsaturated/α-hetero) is 1. The number of nitrogens with zero attached hydrogens (tertiary/aromatic N) is 1. The molecule has 0 unspecified atom stereocenters. The number of ketones is 1. The predicted molar refractivity (Wildman–Crippen MR) is 88.4 cm³/mol. The largest absolute Gasteiger partial charge is 0.472 e. The van der Waals surface area contributed by atoms with Gasteiger partial charge in [0.15, 0.2) is 0 Å². The summed E-state index contributed by atoms with van der Waals surface area (Å²) >= 11 is 0. The summed E-state index contributed by atoms with van der Waals surface area (Å²) in [6.45, 7) is 13.4. The summed E-state index contributed by atoms with van der Waals surface area (Å²) < 4.78 is 10.2. The molecule has 0 aromatic carbocycles. The first-order valence-corrected chi connectivity index (χ1v) is 7.73. The summed E-state index contributed by atoms with van der Waals surface area (Å²) in [5, 5.41) is 5.68. The van der Waals surface area contributed by atoms with Gasteiger partial charge in [0.2, 0.25) is 0 Å². The maximum Gasteiger partial charge on any atom is 0.433 e. The van der Waals surface area contributed by atoms with Gasteiger partial charge < -0.3 is 14.8 Å². The van der Waals surface area contributed by atoms with Crippen molar-refractivity contribution in [2.45, 2.75) is 48.5 Å². The van der Waals surface area contributed by atoms with Gasteiger partial charge in [-0.05, 0) is 22.9 Å². The van der Waals surface area contributed by atoms with E-state index in [1.165, 1.54) is 0 Å². The second-order valence-electron chi connectivity index (χ2n) is 7.62. The Hall–Kier alpha value is -2.12. The minimum atomic E-state index is -1.11. The molecule has 1 amide bonds. The number of oxime groups is 1. The molecule has 0 saturated heterocycles. The van der Waals surface area contributed by atoms with E-state index in [0.29, 0.717) is 6.54 Å². The van der Waals surface area contributed by atoms with Crippen LogP contribution in [0.2, 0.25) is 0 Å². The lowest BCUT2D eigenvalue weighted by Crippen LogP contribution is -2.33. The lowest BCUT2D eigenvalue weighted by atomic mass is 9.99. The van der Waals surface area contributed by atoms with Crippen molar-refractivity contribution < 1.29 is 28.7 Å². The van der Waals surface area contributed by atoms with Crippen molar-refractivity contribution in [2.75, 3.05) is 19.8 Å². The molecule has 0 aromatic rings. The number of hydrogen-bond donors (Lipinski definition) is 1. The molecule has 0 aliphatic carbocycles. The van der Waals surface area contributed by atoms with Gasteiger partial charge in [0.05, 0.1) is 13.2 Å². The van der Waals surface area contributed by atoms with Crippen LogP contribution in [0.25, 0.3) is 0 Å². The van der Waals surface area contributed by atoms with Crippen molar-refractivity contribution in [3.63, 3.8) is 0 Å². The van der Waals surface area contributed by atoms with Crippen LogP contribution in [0.15, 0.2) is 5.16 Å². The zero-order valence-corrected chi connectivity index (χ0v) is 15.5. The molecule has 0 heterocycles. The van der Waals surface area contributed by atoms with E-state index >= 15 is 0 Å². The fraction of sp³-hybridized carbons (Fsp3) is 0.750. The summed E-state index contributed by atoms with van der Waals surface area (Å²) in [7, 11) is 0. The Balaban J connectivity index is 5.01. The second-order valence-corrected chi connectivity index (χ2v) is 7.62. The van der Waals surface area contributed by atoms with Crippen LogP contribution in [0.1, 0.15) is 48.5 Å². The third kappa shape index (κ3) is 10.6. The highest BCUT2D eigenvalue weighted by atomic mass is 16.7. The highest BCUT2D eigenvalue weighted by Gasteiger charge is 2.28. The van der Waals surface area contributed by atoms with Crippen molar-refractivity contribution in [3.8, 4) is 0 Å². The van der Waals surface area contributed by atoms with Crippen molar-refractivity contribution in [1.29, 1.82) is 0 Å². The number of carbonyl (C=O) groups excluding carboxylic acids is 3. The summed E-state index contributed by atoms with van der Waals surface area (Å²) in [5.41, 5.74) is -0.584. The van der Waals surface area contributed by atoms with Crippen LogP contribution in [-0.2, 0) is 23.9 Å². The van der Waals surface area contributed by atoms with Crippen molar-refractivity contribution >= 4 is 23.7 Å². The molecule has 0 saturated carbocycles. The first-order valence-electron chi connectivity index (χ1n) is 7.73. The normalized spacial score (nSPS) is 12.4. The van der Waals surface area contributed by atoms with Crippen LogP contribution < -0.4 is 5.32 Å². The molecule has 1 N–H and O–H groups in total. The van der Waals surface area contributed by atoms with E-state index in [-0.39, 0.29) is 24.0 Å². The maximum absolute atomic E-state index is 12.1. The Bertz CT molecular complexity index is 486. The van der Waals surface area contributed by atoms with Crippen molar-refractivity contribution in [3.05, 3.63) is 0 Å². The number of rotatable bonds is 6. The molecule has 0 aromatic heterocycles. The van der Waals surface area contributed by atoms with E-state index in [1.54, 1.807) is 6.92 Å².